The number of hydrogen-bond acceptors (Lipinski definition) is 5. The van der Waals surface area contributed by atoms with E-state index in [0.717, 1.165) is 56.3 Å². The van der Waals surface area contributed by atoms with Crippen LogP contribution in [0.25, 0.3) is 16.9 Å². The van der Waals surface area contributed by atoms with Crippen LogP contribution < -0.4 is 5.32 Å². The Labute approximate surface area is 222 Å². The van der Waals surface area contributed by atoms with Crippen LogP contribution in [0.1, 0.15) is 15.9 Å². The van der Waals surface area contributed by atoms with Crippen molar-refractivity contribution >= 4 is 17.4 Å². The highest BCUT2D eigenvalue weighted by Gasteiger charge is 2.38. The molecule has 1 saturated heterocycles. The number of rotatable bonds is 7. The van der Waals surface area contributed by atoms with Crippen LogP contribution >= 0.6 is 0 Å². The minimum atomic E-state index is -5.08. The highest BCUT2D eigenvalue weighted by atomic mass is 19.4. The highest BCUT2D eigenvalue weighted by molar-refractivity contribution is 6.02. The monoisotopic (exact) mass is 543 g/mol. The zero-order valence-electron chi connectivity index (χ0n) is 21.0. The van der Waals surface area contributed by atoms with Crippen molar-refractivity contribution in [3.8, 4) is 11.4 Å². The molecule has 4 heterocycles. The van der Waals surface area contributed by atoms with Crippen molar-refractivity contribution in [2.24, 2.45) is 0 Å². The number of benzene rings is 1. The minimum absolute atomic E-state index is 0.0584. The fourth-order valence-electron chi connectivity index (χ4n) is 4.15. The number of carboxylic acid groups (broad SMARTS) is 1. The summed E-state index contributed by atoms with van der Waals surface area (Å²) in [6, 6.07) is 18.1. The summed E-state index contributed by atoms with van der Waals surface area (Å²) in [7, 11) is 0. The Morgan fingerprint density at radius 3 is 2.44 bits per heavy atom. The van der Waals surface area contributed by atoms with Crippen molar-refractivity contribution in [2.75, 3.05) is 39.4 Å². The lowest BCUT2D eigenvalue weighted by molar-refractivity contribution is -0.192. The van der Waals surface area contributed by atoms with Crippen molar-refractivity contribution in [2.45, 2.75) is 12.7 Å². The third-order valence-electron chi connectivity index (χ3n) is 6.08. The van der Waals surface area contributed by atoms with Crippen molar-refractivity contribution < 1.29 is 32.6 Å². The molecule has 4 aromatic rings. The molecule has 1 aliphatic rings. The van der Waals surface area contributed by atoms with Crippen molar-refractivity contribution in [3.05, 3.63) is 84.4 Å². The van der Waals surface area contributed by atoms with E-state index in [-0.39, 0.29) is 5.91 Å². The van der Waals surface area contributed by atoms with Crippen LogP contribution in [0, 0.1) is 0 Å². The van der Waals surface area contributed by atoms with Gasteiger partial charge < -0.3 is 24.1 Å². The number of aliphatic carboxylic acids is 1. The number of aromatic nitrogens is 3. The summed E-state index contributed by atoms with van der Waals surface area (Å²) in [5.41, 5.74) is 4.52. The number of fused-ring (bicyclic) bond motifs is 1. The van der Waals surface area contributed by atoms with Gasteiger partial charge in [-0.2, -0.15) is 13.2 Å². The summed E-state index contributed by atoms with van der Waals surface area (Å²) < 4.78 is 41.2. The van der Waals surface area contributed by atoms with E-state index in [1.165, 1.54) is 5.56 Å². The number of nitrogens with zero attached hydrogens (tertiary/aromatic N) is 4. The minimum Gasteiger partial charge on any atom is -0.475 e. The molecule has 0 radical (unpaired) electrons. The number of carbonyl (C=O) groups is 2. The molecular weight excluding hydrogens is 515 g/mol. The maximum atomic E-state index is 13.0. The number of alkyl halides is 3. The van der Waals surface area contributed by atoms with Crippen molar-refractivity contribution in [1.82, 2.24) is 24.2 Å². The molecule has 2 N–H and O–H groups in total. The number of pyridine rings is 1. The molecule has 5 rings (SSSR count). The van der Waals surface area contributed by atoms with Crippen LogP contribution in [-0.2, 0) is 16.1 Å². The lowest BCUT2D eigenvalue weighted by Crippen LogP contribution is -2.41. The molecular formula is C27H28F3N5O4. The molecule has 0 spiro atoms. The van der Waals surface area contributed by atoms with E-state index in [2.05, 4.69) is 31.9 Å². The first-order valence-electron chi connectivity index (χ1n) is 12.3. The quantitative estimate of drug-likeness (QED) is 0.370. The maximum absolute atomic E-state index is 13.0. The van der Waals surface area contributed by atoms with E-state index >= 15 is 0 Å². The predicted molar refractivity (Wildman–Crippen MR) is 137 cm³/mol. The van der Waals surface area contributed by atoms with E-state index in [0.29, 0.717) is 12.1 Å². The molecule has 39 heavy (non-hydrogen) atoms. The van der Waals surface area contributed by atoms with Gasteiger partial charge in [0.15, 0.2) is 0 Å². The lowest BCUT2D eigenvalue weighted by Gasteiger charge is -2.26. The zero-order chi connectivity index (χ0) is 27.8. The average Bonchev–Trinajstić information content (AvgIpc) is 3.54. The van der Waals surface area contributed by atoms with E-state index in [4.69, 9.17) is 14.6 Å². The van der Waals surface area contributed by atoms with Gasteiger partial charge in [0.1, 0.15) is 5.69 Å². The zero-order valence-corrected chi connectivity index (χ0v) is 21.0. The fraction of sp³-hybridized carbons (Fsp3) is 0.296. The molecule has 0 unspecified atom stereocenters. The maximum Gasteiger partial charge on any atom is 0.490 e. The fourth-order valence-corrected chi connectivity index (χ4v) is 4.15. The molecule has 0 saturated carbocycles. The number of halogens is 3. The summed E-state index contributed by atoms with van der Waals surface area (Å²) in [4.78, 5) is 28.8. The van der Waals surface area contributed by atoms with Gasteiger partial charge in [-0.3, -0.25) is 9.69 Å². The van der Waals surface area contributed by atoms with Gasteiger partial charge in [-0.05, 0) is 23.8 Å². The predicted octanol–water partition coefficient (Wildman–Crippen LogP) is 3.55. The Bertz CT molecular complexity index is 1400. The van der Waals surface area contributed by atoms with Crippen LogP contribution in [0.5, 0.6) is 0 Å². The number of ether oxygens (including phenoxy) is 1. The summed E-state index contributed by atoms with van der Waals surface area (Å²) in [6.45, 7) is 5.56. The number of nitrogens with one attached hydrogen (secondary N) is 1. The van der Waals surface area contributed by atoms with Gasteiger partial charge in [0.05, 0.1) is 36.3 Å². The highest BCUT2D eigenvalue weighted by Crippen LogP contribution is 2.25. The molecule has 12 heteroatoms. The number of carboxylic acids is 1. The summed E-state index contributed by atoms with van der Waals surface area (Å²) in [6.07, 6.45) is 0.764. The summed E-state index contributed by atoms with van der Waals surface area (Å²) in [5.74, 6) is -2.82. The molecule has 1 aliphatic heterocycles. The van der Waals surface area contributed by atoms with Gasteiger partial charge in [0.2, 0.25) is 0 Å². The second-order valence-electron chi connectivity index (χ2n) is 8.83. The van der Waals surface area contributed by atoms with Crippen LogP contribution in [0.4, 0.5) is 13.2 Å². The molecule has 1 fully saturated rings. The Hall–Kier alpha value is -4.16. The molecule has 206 valence electrons. The molecule has 9 nitrogen and oxygen atoms in total. The van der Waals surface area contributed by atoms with Gasteiger partial charge >= 0.3 is 12.1 Å². The van der Waals surface area contributed by atoms with Crippen molar-refractivity contribution in [1.29, 1.82) is 0 Å². The third kappa shape index (κ3) is 7.45. The second kappa shape index (κ2) is 12.6. The SMILES string of the molecule is O=C(NCCN1CCOCC1)c1cc(-c2cn(Cc3ccccc3)cn2)n2ccccc12.O=C(O)C(F)(F)F. The molecule has 0 atom stereocenters. The molecule has 3 aromatic heterocycles. The molecule has 0 aliphatic carbocycles. The number of amides is 1. The number of hydrogen-bond donors (Lipinski definition) is 2. The number of morpholine rings is 1. The van der Waals surface area contributed by atoms with Gasteiger partial charge in [-0.15, -0.1) is 0 Å². The standard InChI is InChI=1S/C25H27N5O2.C2HF3O2/c31-25(26-9-11-28-12-14-32-15-13-28)21-16-24(30-10-5-4-8-23(21)30)22-18-29(19-27-22)17-20-6-2-1-3-7-20;3-2(4,5)1(6)7/h1-8,10,16,18-19H,9,11-15,17H2,(H,26,31);(H,6,7). The lowest BCUT2D eigenvalue weighted by atomic mass is 10.2. The van der Waals surface area contributed by atoms with Crippen LogP contribution in [0.15, 0.2) is 73.3 Å². The summed E-state index contributed by atoms with van der Waals surface area (Å²) >= 11 is 0. The second-order valence-corrected chi connectivity index (χ2v) is 8.83. The topological polar surface area (TPSA) is 101 Å². The van der Waals surface area contributed by atoms with Gasteiger partial charge in [-0.25, -0.2) is 9.78 Å². The van der Waals surface area contributed by atoms with Crippen LogP contribution in [0.3, 0.4) is 0 Å². The van der Waals surface area contributed by atoms with E-state index in [9.17, 15) is 18.0 Å². The first-order chi connectivity index (χ1) is 18.7. The summed E-state index contributed by atoms with van der Waals surface area (Å²) in [5, 5.41) is 10.2. The molecule has 1 aromatic carbocycles. The Balaban J connectivity index is 0.000000448. The van der Waals surface area contributed by atoms with Crippen LogP contribution in [0.2, 0.25) is 0 Å². The average molecular weight is 544 g/mol. The van der Waals surface area contributed by atoms with Crippen LogP contribution in [-0.4, -0.2) is 81.4 Å². The largest absolute Gasteiger partial charge is 0.490 e. The Morgan fingerprint density at radius 1 is 1.05 bits per heavy atom. The van der Waals surface area contributed by atoms with Crippen molar-refractivity contribution in [3.63, 3.8) is 0 Å². The molecule has 1 amide bonds. The Morgan fingerprint density at radius 2 is 1.74 bits per heavy atom. The third-order valence-corrected chi connectivity index (χ3v) is 6.08. The van der Waals surface area contributed by atoms with Gasteiger partial charge in [-0.1, -0.05) is 36.4 Å². The Kier molecular flexibility index (Phi) is 8.99. The number of carbonyl (C=O) groups excluding carboxylic acids is 1. The smallest absolute Gasteiger partial charge is 0.475 e. The number of imidazole rings is 1. The first kappa shape index (κ1) is 27.9. The molecule has 0 bridgehead atoms. The van der Waals surface area contributed by atoms with E-state index in [1.54, 1.807) is 0 Å². The first-order valence-corrected chi connectivity index (χ1v) is 12.3. The van der Waals surface area contributed by atoms with E-state index < -0.39 is 12.1 Å². The normalized spacial score (nSPS) is 14.0. The van der Waals surface area contributed by atoms with Gasteiger partial charge in [0, 0.05) is 45.1 Å². The van der Waals surface area contributed by atoms with E-state index in [1.807, 2.05) is 65.6 Å². The van der Waals surface area contributed by atoms with Gasteiger partial charge in [0.25, 0.3) is 5.91 Å².